The first-order valence-corrected chi connectivity index (χ1v) is 7.03. The summed E-state index contributed by atoms with van der Waals surface area (Å²) in [4.78, 5) is 7.40. The number of hydrogen-bond acceptors (Lipinski definition) is 2. The lowest BCUT2D eigenvalue weighted by molar-refractivity contribution is 0.437. The average Bonchev–Trinajstić information content (AvgIpc) is 2.77. The van der Waals surface area contributed by atoms with E-state index < -0.39 is 0 Å². The molecule has 0 amide bonds. The SMILES string of the molecule is CCn1ccnc1N(C)C1CCCCC1Br. The molecule has 4 heteroatoms. The highest BCUT2D eigenvalue weighted by atomic mass is 79.9. The highest BCUT2D eigenvalue weighted by Crippen LogP contribution is 2.30. The molecule has 90 valence electrons. The third-order valence-corrected chi connectivity index (χ3v) is 4.56. The molecule has 1 saturated carbocycles. The van der Waals surface area contributed by atoms with Gasteiger partial charge in [-0.15, -0.1) is 0 Å². The smallest absolute Gasteiger partial charge is 0.205 e. The van der Waals surface area contributed by atoms with E-state index in [2.05, 4.69) is 50.5 Å². The molecular formula is C12H20BrN3. The molecule has 1 heterocycles. The number of aryl methyl sites for hydroxylation is 1. The van der Waals surface area contributed by atoms with Crippen LogP contribution in [0.4, 0.5) is 5.95 Å². The topological polar surface area (TPSA) is 21.1 Å². The Labute approximate surface area is 106 Å². The van der Waals surface area contributed by atoms with Gasteiger partial charge >= 0.3 is 0 Å². The van der Waals surface area contributed by atoms with Crippen molar-refractivity contribution in [1.82, 2.24) is 9.55 Å². The van der Waals surface area contributed by atoms with Crippen LogP contribution < -0.4 is 4.90 Å². The molecule has 1 aromatic rings. The van der Waals surface area contributed by atoms with Crippen molar-refractivity contribution < 1.29 is 0 Å². The Balaban J connectivity index is 2.14. The normalized spacial score (nSPS) is 25.7. The van der Waals surface area contributed by atoms with Gasteiger partial charge in [0, 0.05) is 36.9 Å². The summed E-state index contributed by atoms with van der Waals surface area (Å²) >= 11 is 3.81. The van der Waals surface area contributed by atoms with E-state index in [-0.39, 0.29) is 0 Å². The van der Waals surface area contributed by atoms with E-state index >= 15 is 0 Å². The minimum Gasteiger partial charge on any atom is -0.341 e. The second-order valence-corrected chi connectivity index (χ2v) is 5.67. The van der Waals surface area contributed by atoms with Crippen LogP contribution in [0.1, 0.15) is 32.6 Å². The van der Waals surface area contributed by atoms with Crippen molar-refractivity contribution in [2.24, 2.45) is 0 Å². The predicted molar refractivity (Wildman–Crippen MR) is 71.3 cm³/mol. The molecular weight excluding hydrogens is 266 g/mol. The minimum absolute atomic E-state index is 0.585. The van der Waals surface area contributed by atoms with E-state index in [1.165, 1.54) is 25.7 Å². The Bertz CT molecular complexity index is 337. The number of rotatable bonds is 3. The van der Waals surface area contributed by atoms with Crippen molar-refractivity contribution in [3.05, 3.63) is 12.4 Å². The summed E-state index contributed by atoms with van der Waals surface area (Å²) in [5.41, 5.74) is 0. The summed E-state index contributed by atoms with van der Waals surface area (Å²) in [6, 6.07) is 0.585. The van der Waals surface area contributed by atoms with Gasteiger partial charge in [-0.25, -0.2) is 4.98 Å². The van der Waals surface area contributed by atoms with Crippen LogP contribution >= 0.6 is 15.9 Å². The Morgan fingerprint density at radius 3 is 2.94 bits per heavy atom. The summed E-state index contributed by atoms with van der Waals surface area (Å²) in [5.74, 6) is 1.10. The molecule has 0 aliphatic heterocycles. The first-order chi connectivity index (χ1) is 7.74. The number of halogens is 1. The van der Waals surface area contributed by atoms with Crippen molar-refractivity contribution in [2.75, 3.05) is 11.9 Å². The molecule has 0 aromatic carbocycles. The van der Waals surface area contributed by atoms with Crippen LogP contribution in [0.5, 0.6) is 0 Å². The molecule has 1 aliphatic carbocycles. The number of hydrogen-bond donors (Lipinski definition) is 0. The van der Waals surface area contributed by atoms with Crippen molar-refractivity contribution in [3.63, 3.8) is 0 Å². The number of aromatic nitrogens is 2. The molecule has 3 nitrogen and oxygen atoms in total. The van der Waals surface area contributed by atoms with Crippen LogP contribution in [0.15, 0.2) is 12.4 Å². The number of anilines is 1. The van der Waals surface area contributed by atoms with Gasteiger partial charge in [-0.2, -0.15) is 0 Å². The van der Waals surface area contributed by atoms with E-state index in [0.717, 1.165) is 12.5 Å². The monoisotopic (exact) mass is 285 g/mol. The maximum Gasteiger partial charge on any atom is 0.205 e. The largest absolute Gasteiger partial charge is 0.341 e. The first-order valence-electron chi connectivity index (χ1n) is 6.12. The fourth-order valence-electron chi connectivity index (χ4n) is 2.51. The molecule has 2 unspecified atom stereocenters. The Morgan fingerprint density at radius 1 is 1.50 bits per heavy atom. The van der Waals surface area contributed by atoms with E-state index in [1.807, 2.05) is 6.20 Å². The Kier molecular flexibility index (Phi) is 3.90. The second kappa shape index (κ2) is 5.21. The van der Waals surface area contributed by atoms with Gasteiger partial charge in [-0.05, 0) is 19.8 Å². The fraction of sp³-hybridized carbons (Fsp3) is 0.750. The standard InChI is InChI=1S/C12H20BrN3/c1-3-16-9-8-14-12(16)15(2)11-7-5-4-6-10(11)13/h8-11H,3-7H2,1-2H3. The molecule has 0 N–H and O–H groups in total. The molecule has 0 bridgehead atoms. The zero-order valence-electron chi connectivity index (χ0n) is 10.1. The Hall–Kier alpha value is -0.510. The van der Waals surface area contributed by atoms with E-state index in [9.17, 15) is 0 Å². The van der Waals surface area contributed by atoms with Crippen LogP contribution in [0.25, 0.3) is 0 Å². The molecule has 1 aromatic heterocycles. The molecule has 0 saturated heterocycles. The second-order valence-electron chi connectivity index (χ2n) is 4.49. The lowest BCUT2D eigenvalue weighted by atomic mass is 9.94. The molecule has 0 spiro atoms. The van der Waals surface area contributed by atoms with Crippen LogP contribution in [0, 0.1) is 0 Å². The van der Waals surface area contributed by atoms with Gasteiger partial charge in [0.05, 0.1) is 0 Å². The van der Waals surface area contributed by atoms with Crippen LogP contribution in [0.3, 0.4) is 0 Å². The van der Waals surface area contributed by atoms with Gasteiger partial charge in [0.1, 0.15) is 0 Å². The van der Waals surface area contributed by atoms with Crippen molar-refractivity contribution in [1.29, 1.82) is 0 Å². The number of alkyl halides is 1. The Morgan fingerprint density at radius 2 is 2.25 bits per heavy atom. The zero-order valence-corrected chi connectivity index (χ0v) is 11.7. The third kappa shape index (κ3) is 2.26. The molecule has 1 fully saturated rings. The molecule has 2 rings (SSSR count). The summed E-state index contributed by atoms with van der Waals surface area (Å²) in [5, 5.41) is 0. The van der Waals surface area contributed by atoms with Gasteiger partial charge in [0.25, 0.3) is 0 Å². The summed E-state index contributed by atoms with van der Waals surface area (Å²) in [7, 11) is 2.17. The van der Waals surface area contributed by atoms with Crippen LogP contribution in [-0.2, 0) is 6.54 Å². The lowest BCUT2D eigenvalue weighted by Gasteiger charge is -2.35. The van der Waals surface area contributed by atoms with Gasteiger partial charge in [-0.1, -0.05) is 28.8 Å². The van der Waals surface area contributed by atoms with Crippen LogP contribution in [-0.4, -0.2) is 27.5 Å². The number of imidazole rings is 1. The zero-order chi connectivity index (χ0) is 11.5. The van der Waals surface area contributed by atoms with E-state index in [0.29, 0.717) is 10.9 Å². The maximum atomic E-state index is 4.46. The molecule has 2 atom stereocenters. The van der Waals surface area contributed by atoms with Crippen LogP contribution in [0.2, 0.25) is 0 Å². The van der Waals surface area contributed by atoms with Gasteiger partial charge < -0.3 is 9.47 Å². The quantitative estimate of drug-likeness (QED) is 0.796. The van der Waals surface area contributed by atoms with Crippen molar-refractivity contribution in [3.8, 4) is 0 Å². The van der Waals surface area contributed by atoms with Gasteiger partial charge in [0.2, 0.25) is 5.95 Å². The minimum atomic E-state index is 0.585. The summed E-state index contributed by atoms with van der Waals surface area (Å²) < 4.78 is 2.20. The van der Waals surface area contributed by atoms with Crippen molar-refractivity contribution in [2.45, 2.75) is 50.0 Å². The molecule has 16 heavy (non-hydrogen) atoms. The average molecular weight is 286 g/mol. The highest BCUT2D eigenvalue weighted by molar-refractivity contribution is 9.09. The third-order valence-electron chi connectivity index (χ3n) is 3.49. The first kappa shape index (κ1) is 12.0. The van der Waals surface area contributed by atoms with Crippen molar-refractivity contribution >= 4 is 21.9 Å². The maximum absolute atomic E-state index is 4.46. The molecule has 0 radical (unpaired) electrons. The fourth-order valence-corrected chi connectivity index (χ4v) is 3.46. The molecule has 1 aliphatic rings. The van der Waals surface area contributed by atoms with Gasteiger partial charge in [0.15, 0.2) is 0 Å². The number of nitrogens with zero attached hydrogens (tertiary/aromatic N) is 3. The van der Waals surface area contributed by atoms with E-state index in [1.54, 1.807) is 0 Å². The highest BCUT2D eigenvalue weighted by Gasteiger charge is 2.28. The lowest BCUT2D eigenvalue weighted by Crippen LogP contribution is -2.42. The summed E-state index contributed by atoms with van der Waals surface area (Å²) in [6.07, 6.45) is 9.18. The van der Waals surface area contributed by atoms with Gasteiger partial charge in [-0.3, -0.25) is 0 Å². The summed E-state index contributed by atoms with van der Waals surface area (Å²) in [6.45, 7) is 3.14. The predicted octanol–water partition coefficient (Wildman–Crippen LogP) is 3.05. The van der Waals surface area contributed by atoms with E-state index in [4.69, 9.17) is 0 Å².